The van der Waals surface area contributed by atoms with Crippen molar-refractivity contribution in [2.24, 2.45) is 0 Å². The average Bonchev–Trinajstić information content (AvgIpc) is 2.57. The number of esters is 1. The first kappa shape index (κ1) is 17.1. The van der Waals surface area contributed by atoms with Crippen LogP contribution in [0.15, 0.2) is 42.7 Å². The number of carbonyl (C=O) groups is 1. The van der Waals surface area contributed by atoms with Crippen molar-refractivity contribution in [3.8, 4) is 0 Å². The van der Waals surface area contributed by atoms with E-state index in [4.69, 9.17) is 0 Å². The second-order valence-corrected chi connectivity index (χ2v) is 5.09. The number of ether oxygens (including phenoxy) is 1. The number of hydrogen-bond donors (Lipinski definition) is 1. The van der Waals surface area contributed by atoms with Crippen molar-refractivity contribution in [1.29, 1.82) is 0 Å². The van der Waals surface area contributed by atoms with E-state index in [1.54, 1.807) is 18.5 Å². The second kappa shape index (κ2) is 8.36. The van der Waals surface area contributed by atoms with Crippen LogP contribution in [0.25, 0.3) is 0 Å². The molecule has 0 amide bonds. The zero-order valence-corrected chi connectivity index (χ0v) is 12.9. The van der Waals surface area contributed by atoms with Gasteiger partial charge in [0.15, 0.2) is 0 Å². The molecule has 2 rings (SSSR count). The largest absolute Gasteiger partial charge is 0.465 e. The first-order valence-corrected chi connectivity index (χ1v) is 7.23. The highest BCUT2D eigenvalue weighted by Gasteiger charge is 2.13. The first-order chi connectivity index (χ1) is 11.1. The maximum atomic E-state index is 14.2. The minimum Gasteiger partial charge on any atom is -0.465 e. The smallest absolute Gasteiger partial charge is 0.337 e. The van der Waals surface area contributed by atoms with Crippen LogP contribution in [-0.4, -0.2) is 41.2 Å². The normalized spacial score (nSPS) is 10.8. The number of benzene rings is 1. The van der Waals surface area contributed by atoms with Crippen molar-refractivity contribution in [3.05, 3.63) is 65.2 Å². The highest BCUT2D eigenvalue weighted by atomic mass is 19.1. The van der Waals surface area contributed by atoms with Crippen molar-refractivity contribution in [3.63, 3.8) is 0 Å². The van der Waals surface area contributed by atoms with Crippen molar-refractivity contribution in [1.82, 2.24) is 9.88 Å². The molecule has 1 N–H and O–H groups in total. The Labute approximate surface area is 134 Å². The van der Waals surface area contributed by atoms with Crippen LogP contribution in [0.1, 0.15) is 21.5 Å². The first-order valence-electron chi connectivity index (χ1n) is 7.23. The SMILES string of the molecule is COC(=O)c1ccc(CN(CCO)Cc2cccnc2)c(F)c1. The summed E-state index contributed by atoms with van der Waals surface area (Å²) >= 11 is 0. The van der Waals surface area contributed by atoms with Crippen LogP contribution < -0.4 is 0 Å². The molecule has 0 aliphatic carbocycles. The molecule has 1 heterocycles. The molecule has 122 valence electrons. The third-order valence-corrected chi connectivity index (χ3v) is 3.41. The van der Waals surface area contributed by atoms with E-state index in [-0.39, 0.29) is 12.2 Å². The average molecular weight is 318 g/mol. The van der Waals surface area contributed by atoms with E-state index in [0.29, 0.717) is 25.2 Å². The number of hydrogen-bond acceptors (Lipinski definition) is 5. The molecular weight excluding hydrogens is 299 g/mol. The van der Waals surface area contributed by atoms with Crippen LogP contribution in [0.5, 0.6) is 0 Å². The molecular formula is C17H19FN2O3. The zero-order valence-electron chi connectivity index (χ0n) is 12.9. The monoisotopic (exact) mass is 318 g/mol. The molecule has 23 heavy (non-hydrogen) atoms. The van der Waals surface area contributed by atoms with Crippen LogP contribution in [0.3, 0.4) is 0 Å². The molecule has 0 spiro atoms. The Bertz CT molecular complexity index is 650. The lowest BCUT2D eigenvalue weighted by Gasteiger charge is -2.21. The van der Waals surface area contributed by atoms with Gasteiger partial charge < -0.3 is 9.84 Å². The minimum atomic E-state index is -0.571. The number of halogens is 1. The molecule has 0 saturated carbocycles. The van der Waals surface area contributed by atoms with Crippen LogP contribution in [-0.2, 0) is 17.8 Å². The Kier molecular flexibility index (Phi) is 6.19. The van der Waals surface area contributed by atoms with E-state index < -0.39 is 11.8 Å². The van der Waals surface area contributed by atoms with Crippen LogP contribution in [0.4, 0.5) is 4.39 Å². The maximum absolute atomic E-state index is 14.2. The van der Waals surface area contributed by atoms with Gasteiger partial charge in [-0.05, 0) is 23.8 Å². The molecule has 2 aromatic rings. The van der Waals surface area contributed by atoms with Crippen LogP contribution >= 0.6 is 0 Å². The molecule has 0 fully saturated rings. The zero-order chi connectivity index (χ0) is 16.7. The van der Waals surface area contributed by atoms with E-state index >= 15 is 0 Å². The van der Waals surface area contributed by atoms with Gasteiger partial charge in [0.2, 0.25) is 0 Å². The van der Waals surface area contributed by atoms with E-state index in [1.807, 2.05) is 17.0 Å². The summed E-state index contributed by atoms with van der Waals surface area (Å²) in [7, 11) is 1.25. The fourth-order valence-corrected chi connectivity index (χ4v) is 2.27. The third-order valence-electron chi connectivity index (χ3n) is 3.41. The van der Waals surface area contributed by atoms with Crippen LogP contribution in [0, 0.1) is 5.82 Å². The minimum absolute atomic E-state index is 0.0257. The van der Waals surface area contributed by atoms with Gasteiger partial charge in [0.25, 0.3) is 0 Å². The van der Waals surface area contributed by atoms with E-state index in [2.05, 4.69) is 9.72 Å². The second-order valence-electron chi connectivity index (χ2n) is 5.09. The molecule has 0 aliphatic rings. The van der Waals surface area contributed by atoms with Crippen molar-refractivity contribution < 1.29 is 19.0 Å². The molecule has 0 aliphatic heterocycles. The standard InChI is InChI=1S/C17H19FN2O3/c1-23-17(22)14-4-5-15(16(18)9-14)12-20(7-8-21)11-13-3-2-6-19-10-13/h2-6,9-10,21H,7-8,11-12H2,1H3. The van der Waals surface area contributed by atoms with Gasteiger partial charge in [-0.1, -0.05) is 12.1 Å². The van der Waals surface area contributed by atoms with Gasteiger partial charge in [-0.15, -0.1) is 0 Å². The molecule has 0 saturated heterocycles. The van der Waals surface area contributed by atoms with E-state index in [9.17, 15) is 14.3 Å². The molecule has 0 unspecified atom stereocenters. The number of aliphatic hydroxyl groups excluding tert-OH is 1. The van der Waals surface area contributed by atoms with Crippen molar-refractivity contribution >= 4 is 5.97 Å². The molecule has 1 aromatic carbocycles. The molecule has 0 atom stereocenters. The van der Waals surface area contributed by atoms with E-state index in [0.717, 1.165) is 5.56 Å². The predicted molar refractivity (Wildman–Crippen MR) is 83.2 cm³/mol. The molecule has 0 bridgehead atoms. The number of nitrogens with zero attached hydrogens (tertiary/aromatic N) is 2. The summed E-state index contributed by atoms with van der Waals surface area (Å²) < 4.78 is 18.8. The number of aliphatic hydroxyl groups is 1. The number of pyridine rings is 1. The Morgan fingerprint density at radius 3 is 2.78 bits per heavy atom. The summed E-state index contributed by atoms with van der Waals surface area (Å²) in [6.07, 6.45) is 3.42. The Hall–Kier alpha value is -2.31. The van der Waals surface area contributed by atoms with Crippen LogP contribution in [0.2, 0.25) is 0 Å². The number of aromatic nitrogens is 1. The molecule has 1 aromatic heterocycles. The fourth-order valence-electron chi connectivity index (χ4n) is 2.27. The quantitative estimate of drug-likeness (QED) is 0.791. The highest BCUT2D eigenvalue weighted by Crippen LogP contribution is 2.15. The van der Waals surface area contributed by atoms with Crippen molar-refractivity contribution in [2.45, 2.75) is 13.1 Å². The van der Waals surface area contributed by atoms with Gasteiger partial charge in [0, 0.05) is 37.6 Å². The number of rotatable bonds is 7. The summed E-state index contributed by atoms with van der Waals surface area (Å²) in [6, 6.07) is 8.02. The summed E-state index contributed by atoms with van der Waals surface area (Å²) in [5.74, 6) is -1.04. The van der Waals surface area contributed by atoms with Gasteiger partial charge in [0.1, 0.15) is 5.82 Å². The Balaban J connectivity index is 2.12. The van der Waals surface area contributed by atoms with Gasteiger partial charge in [-0.25, -0.2) is 9.18 Å². The highest BCUT2D eigenvalue weighted by molar-refractivity contribution is 5.89. The lowest BCUT2D eigenvalue weighted by Crippen LogP contribution is -2.26. The third kappa shape index (κ3) is 4.84. The summed E-state index contributed by atoms with van der Waals surface area (Å²) in [4.78, 5) is 17.4. The van der Waals surface area contributed by atoms with Gasteiger partial charge in [0.05, 0.1) is 19.3 Å². The predicted octanol–water partition coefficient (Wildman–Crippen LogP) is 2.00. The van der Waals surface area contributed by atoms with Crippen molar-refractivity contribution in [2.75, 3.05) is 20.3 Å². The Morgan fingerprint density at radius 2 is 2.17 bits per heavy atom. The molecule has 0 radical (unpaired) electrons. The molecule has 6 heteroatoms. The lowest BCUT2D eigenvalue weighted by molar-refractivity contribution is 0.0600. The Morgan fingerprint density at radius 1 is 1.35 bits per heavy atom. The molecule has 5 nitrogen and oxygen atoms in total. The number of carbonyl (C=O) groups excluding carboxylic acids is 1. The topological polar surface area (TPSA) is 62.7 Å². The maximum Gasteiger partial charge on any atom is 0.337 e. The van der Waals surface area contributed by atoms with E-state index in [1.165, 1.54) is 19.2 Å². The van der Waals surface area contributed by atoms with Gasteiger partial charge in [-0.3, -0.25) is 9.88 Å². The summed E-state index contributed by atoms with van der Waals surface area (Å²) in [5.41, 5.74) is 1.61. The van der Waals surface area contributed by atoms with Gasteiger partial charge >= 0.3 is 5.97 Å². The summed E-state index contributed by atoms with van der Waals surface area (Å²) in [6.45, 7) is 1.25. The lowest BCUT2D eigenvalue weighted by atomic mass is 10.1. The summed E-state index contributed by atoms with van der Waals surface area (Å²) in [5, 5.41) is 9.20. The fraction of sp³-hybridized carbons (Fsp3) is 0.294. The van der Waals surface area contributed by atoms with Gasteiger partial charge in [-0.2, -0.15) is 0 Å². The number of methoxy groups -OCH3 is 1.